The largest absolute Gasteiger partial charge is 0.339 e. The molecule has 1 amide bonds. The summed E-state index contributed by atoms with van der Waals surface area (Å²) < 4.78 is 0. The lowest BCUT2D eigenvalue weighted by Crippen LogP contribution is -2.42. The van der Waals surface area contributed by atoms with Crippen molar-refractivity contribution in [3.05, 3.63) is 39.9 Å². The summed E-state index contributed by atoms with van der Waals surface area (Å²) in [4.78, 5) is 24.4. The van der Waals surface area contributed by atoms with Crippen LogP contribution in [0.5, 0.6) is 0 Å². The van der Waals surface area contributed by atoms with Crippen molar-refractivity contribution < 1.29 is 9.72 Å². The van der Waals surface area contributed by atoms with E-state index in [0.29, 0.717) is 11.6 Å². The van der Waals surface area contributed by atoms with Gasteiger partial charge in [-0.05, 0) is 44.9 Å². The maximum Gasteiger partial charge on any atom is 0.269 e. The van der Waals surface area contributed by atoms with Crippen LogP contribution in [-0.2, 0) is 0 Å². The van der Waals surface area contributed by atoms with Crippen LogP contribution < -0.4 is 5.32 Å². The molecular formula is C15H21N3O3. The van der Waals surface area contributed by atoms with E-state index in [9.17, 15) is 14.9 Å². The summed E-state index contributed by atoms with van der Waals surface area (Å²) in [6.07, 6.45) is 4.11. The van der Waals surface area contributed by atoms with Crippen molar-refractivity contribution in [1.29, 1.82) is 0 Å². The zero-order valence-electron chi connectivity index (χ0n) is 12.4. The van der Waals surface area contributed by atoms with Gasteiger partial charge in [-0.15, -0.1) is 0 Å². The Labute approximate surface area is 124 Å². The van der Waals surface area contributed by atoms with Crippen LogP contribution in [0.2, 0.25) is 0 Å². The number of carbonyl (C=O) groups is 1. The number of hydrogen-bond acceptors (Lipinski definition) is 4. The molecule has 0 unspecified atom stereocenters. The van der Waals surface area contributed by atoms with E-state index in [1.165, 1.54) is 24.3 Å². The van der Waals surface area contributed by atoms with Crippen LogP contribution in [-0.4, -0.2) is 41.9 Å². The summed E-state index contributed by atoms with van der Waals surface area (Å²) in [6.45, 7) is 0. The normalized spacial score (nSPS) is 21.8. The molecule has 2 rings (SSSR count). The van der Waals surface area contributed by atoms with Crippen LogP contribution in [0, 0.1) is 10.1 Å². The highest BCUT2D eigenvalue weighted by atomic mass is 16.6. The van der Waals surface area contributed by atoms with Gasteiger partial charge in [0.05, 0.1) is 4.92 Å². The minimum Gasteiger partial charge on any atom is -0.339 e. The average Bonchev–Trinajstić information content (AvgIpc) is 2.53. The van der Waals surface area contributed by atoms with Crippen molar-refractivity contribution in [3.8, 4) is 0 Å². The smallest absolute Gasteiger partial charge is 0.269 e. The molecular weight excluding hydrogens is 270 g/mol. The summed E-state index contributed by atoms with van der Waals surface area (Å²) in [5.41, 5.74) is 0.502. The topological polar surface area (TPSA) is 75.5 Å². The zero-order chi connectivity index (χ0) is 15.4. The van der Waals surface area contributed by atoms with Crippen LogP contribution in [0.1, 0.15) is 36.0 Å². The highest BCUT2D eigenvalue weighted by molar-refractivity contribution is 5.94. The number of hydrogen-bond donors (Lipinski definition) is 1. The third kappa shape index (κ3) is 3.58. The quantitative estimate of drug-likeness (QED) is 0.681. The fourth-order valence-corrected chi connectivity index (χ4v) is 2.85. The average molecular weight is 291 g/mol. The van der Waals surface area contributed by atoms with Crippen molar-refractivity contribution >= 4 is 11.6 Å². The summed E-state index contributed by atoms with van der Waals surface area (Å²) in [5, 5.41) is 13.9. The Bertz CT molecular complexity index is 507. The number of rotatable bonds is 4. The fraction of sp³-hybridized carbons (Fsp3) is 0.533. The highest BCUT2D eigenvalue weighted by Crippen LogP contribution is 2.23. The lowest BCUT2D eigenvalue weighted by atomic mass is 9.90. The first kappa shape index (κ1) is 15.4. The standard InChI is InChI=1S/C15H21N3O3/c1-16-12-5-9-13(10-6-12)17(2)15(19)11-3-7-14(8-4-11)18(20)21/h3-4,7-8,12-13,16H,5-6,9-10H2,1-2H3. The maximum absolute atomic E-state index is 12.4. The van der Waals surface area contributed by atoms with E-state index in [4.69, 9.17) is 0 Å². The number of carbonyl (C=O) groups excluding carboxylic acids is 1. The second-order valence-electron chi connectivity index (χ2n) is 5.51. The van der Waals surface area contributed by atoms with Gasteiger partial charge in [0.25, 0.3) is 11.6 Å². The zero-order valence-corrected chi connectivity index (χ0v) is 12.4. The van der Waals surface area contributed by atoms with E-state index in [2.05, 4.69) is 5.32 Å². The molecule has 0 saturated heterocycles. The van der Waals surface area contributed by atoms with Gasteiger partial charge in [-0.2, -0.15) is 0 Å². The Hall–Kier alpha value is -1.95. The molecule has 0 aromatic heterocycles. The van der Waals surface area contributed by atoms with Crippen molar-refractivity contribution in [2.24, 2.45) is 0 Å². The molecule has 21 heavy (non-hydrogen) atoms. The molecule has 114 valence electrons. The molecule has 0 spiro atoms. The molecule has 1 aromatic carbocycles. The van der Waals surface area contributed by atoms with Gasteiger partial charge in [-0.1, -0.05) is 0 Å². The van der Waals surface area contributed by atoms with E-state index in [0.717, 1.165) is 25.7 Å². The second kappa shape index (κ2) is 6.67. The van der Waals surface area contributed by atoms with Gasteiger partial charge < -0.3 is 10.2 Å². The number of nitro benzene ring substituents is 1. The summed E-state index contributed by atoms with van der Waals surface area (Å²) >= 11 is 0. The Morgan fingerprint density at radius 3 is 2.29 bits per heavy atom. The Balaban J connectivity index is 2.00. The van der Waals surface area contributed by atoms with Crippen LogP contribution >= 0.6 is 0 Å². The van der Waals surface area contributed by atoms with E-state index < -0.39 is 4.92 Å². The first-order valence-electron chi connectivity index (χ1n) is 7.21. The summed E-state index contributed by atoms with van der Waals surface area (Å²) in [6, 6.07) is 6.59. The van der Waals surface area contributed by atoms with Crippen molar-refractivity contribution in [1.82, 2.24) is 10.2 Å². The third-order valence-electron chi connectivity index (χ3n) is 4.30. The Kier molecular flexibility index (Phi) is 4.90. The van der Waals surface area contributed by atoms with Crippen molar-refractivity contribution in [2.45, 2.75) is 37.8 Å². The number of non-ortho nitro benzene ring substituents is 1. The van der Waals surface area contributed by atoms with E-state index in [1.54, 1.807) is 4.90 Å². The van der Waals surface area contributed by atoms with Crippen LogP contribution in [0.25, 0.3) is 0 Å². The minimum absolute atomic E-state index is 0.00346. The number of amides is 1. The monoisotopic (exact) mass is 291 g/mol. The highest BCUT2D eigenvalue weighted by Gasteiger charge is 2.26. The fourth-order valence-electron chi connectivity index (χ4n) is 2.85. The predicted octanol–water partition coefficient (Wildman–Crippen LogP) is 2.20. The molecule has 0 atom stereocenters. The summed E-state index contributed by atoms with van der Waals surface area (Å²) in [5.74, 6) is -0.0715. The Morgan fingerprint density at radius 2 is 1.81 bits per heavy atom. The molecule has 1 saturated carbocycles. The van der Waals surface area contributed by atoms with Gasteiger partial charge in [0, 0.05) is 36.8 Å². The van der Waals surface area contributed by atoms with Crippen LogP contribution in [0.3, 0.4) is 0 Å². The number of nitro groups is 1. The van der Waals surface area contributed by atoms with Crippen molar-refractivity contribution in [3.63, 3.8) is 0 Å². The van der Waals surface area contributed by atoms with E-state index >= 15 is 0 Å². The van der Waals surface area contributed by atoms with Crippen LogP contribution in [0.15, 0.2) is 24.3 Å². The molecule has 1 aliphatic rings. The number of benzene rings is 1. The van der Waals surface area contributed by atoms with Gasteiger partial charge in [-0.3, -0.25) is 14.9 Å². The minimum atomic E-state index is -0.461. The van der Waals surface area contributed by atoms with Gasteiger partial charge in [-0.25, -0.2) is 0 Å². The molecule has 0 heterocycles. The molecule has 6 nitrogen and oxygen atoms in total. The summed E-state index contributed by atoms with van der Waals surface area (Å²) in [7, 11) is 3.78. The van der Waals surface area contributed by atoms with E-state index in [1.807, 2.05) is 14.1 Å². The molecule has 6 heteroatoms. The number of nitrogens with one attached hydrogen (secondary N) is 1. The molecule has 1 fully saturated rings. The van der Waals surface area contributed by atoms with Gasteiger partial charge in [0.2, 0.25) is 0 Å². The maximum atomic E-state index is 12.4. The van der Waals surface area contributed by atoms with Gasteiger partial charge in [0.15, 0.2) is 0 Å². The Morgan fingerprint density at radius 1 is 1.24 bits per heavy atom. The predicted molar refractivity (Wildman–Crippen MR) is 80.3 cm³/mol. The number of nitrogens with zero attached hydrogens (tertiary/aromatic N) is 2. The second-order valence-corrected chi connectivity index (χ2v) is 5.51. The first-order valence-corrected chi connectivity index (χ1v) is 7.21. The molecule has 0 radical (unpaired) electrons. The SMILES string of the molecule is CNC1CCC(N(C)C(=O)c2ccc([N+](=O)[O-])cc2)CC1. The van der Waals surface area contributed by atoms with Gasteiger partial charge in [0.1, 0.15) is 0 Å². The lowest BCUT2D eigenvalue weighted by Gasteiger charge is -2.34. The van der Waals surface area contributed by atoms with Crippen molar-refractivity contribution in [2.75, 3.05) is 14.1 Å². The van der Waals surface area contributed by atoms with E-state index in [-0.39, 0.29) is 17.6 Å². The first-order chi connectivity index (χ1) is 10.0. The molecule has 0 aliphatic heterocycles. The molecule has 1 aromatic rings. The van der Waals surface area contributed by atoms with Crippen LogP contribution in [0.4, 0.5) is 5.69 Å². The molecule has 0 bridgehead atoms. The third-order valence-corrected chi connectivity index (χ3v) is 4.30. The molecule has 1 aliphatic carbocycles. The molecule has 1 N–H and O–H groups in total. The lowest BCUT2D eigenvalue weighted by molar-refractivity contribution is -0.384. The van der Waals surface area contributed by atoms with Gasteiger partial charge >= 0.3 is 0 Å².